The SMILES string of the molecule is Cc1cc(C)cc(CN2CC(CCl)OC(C)(C)C2)c1. The van der Waals surface area contributed by atoms with E-state index < -0.39 is 0 Å². The van der Waals surface area contributed by atoms with Gasteiger partial charge in [-0.05, 0) is 33.3 Å². The fourth-order valence-electron chi connectivity index (χ4n) is 3.04. The van der Waals surface area contributed by atoms with E-state index in [0.717, 1.165) is 19.6 Å². The van der Waals surface area contributed by atoms with Gasteiger partial charge in [0.15, 0.2) is 0 Å². The second kappa shape index (κ2) is 5.82. The summed E-state index contributed by atoms with van der Waals surface area (Å²) in [6.45, 7) is 11.4. The van der Waals surface area contributed by atoms with Crippen molar-refractivity contribution in [3.8, 4) is 0 Å². The molecule has 0 amide bonds. The summed E-state index contributed by atoms with van der Waals surface area (Å²) >= 11 is 5.97. The van der Waals surface area contributed by atoms with E-state index in [2.05, 4.69) is 50.8 Å². The Kier molecular flexibility index (Phi) is 4.54. The molecular formula is C16H24ClNO. The molecule has 2 nitrogen and oxygen atoms in total. The van der Waals surface area contributed by atoms with E-state index in [4.69, 9.17) is 16.3 Å². The molecule has 1 aliphatic rings. The van der Waals surface area contributed by atoms with Crippen LogP contribution < -0.4 is 0 Å². The summed E-state index contributed by atoms with van der Waals surface area (Å²) in [6.07, 6.45) is 0.135. The Labute approximate surface area is 121 Å². The molecule has 0 N–H and O–H groups in total. The van der Waals surface area contributed by atoms with Crippen LogP contribution in [0, 0.1) is 13.8 Å². The average Bonchev–Trinajstić information content (AvgIpc) is 2.25. The molecule has 0 aromatic heterocycles. The van der Waals surface area contributed by atoms with Gasteiger partial charge in [0.25, 0.3) is 0 Å². The van der Waals surface area contributed by atoms with Crippen LogP contribution in [0.25, 0.3) is 0 Å². The van der Waals surface area contributed by atoms with Crippen molar-refractivity contribution in [2.24, 2.45) is 0 Å². The lowest BCUT2D eigenvalue weighted by molar-refractivity contribution is -0.129. The lowest BCUT2D eigenvalue weighted by Gasteiger charge is -2.42. The number of hydrogen-bond donors (Lipinski definition) is 0. The molecule has 0 spiro atoms. The van der Waals surface area contributed by atoms with Crippen LogP contribution in [0.2, 0.25) is 0 Å². The van der Waals surface area contributed by atoms with Crippen LogP contribution in [-0.2, 0) is 11.3 Å². The van der Waals surface area contributed by atoms with E-state index in [9.17, 15) is 0 Å². The van der Waals surface area contributed by atoms with E-state index in [1.54, 1.807) is 0 Å². The van der Waals surface area contributed by atoms with E-state index >= 15 is 0 Å². The molecule has 1 heterocycles. The van der Waals surface area contributed by atoms with Crippen molar-refractivity contribution in [3.63, 3.8) is 0 Å². The Hall–Kier alpha value is -0.570. The fraction of sp³-hybridized carbons (Fsp3) is 0.625. The highest BCUT2D eigenvalue weighted by atomic mass is 35.5. The highest BCUT2D eigenvalue weighted by Gasteiger charge is 2.32. The minimum atomic E-state index is -0.114. The zero-order valence-electron chi connectivity index (χ0n) is 12.4. The number of ether oxygens (including phenoxy) is 1. The molecule has 0 bridgehead atoms. The maximum atomic E-state index is 5.97. The van der Waals surface area contributed by atoms with Crippen molar-refractivity contribution in [2.45, 2.75) is 45.9 Å². The molecule has 2 rings (SSSR count). The number of nitrogens with zero attached hydrogens (tertiary/aromatic N) is 1. The molecule has 1 unspecified atom stereocenters. The third-order valence-corrected chi connectivity index (χ3v) is 3.76. The van der Waals surface area contributed by atoms with Crippen LogP contribution >= 0.6 is 11.6 Å². The molecule has 1 aromatic rings. The van der Waals surface area contributed by atoms with Gasteiger partial charge in [-0.1, -0.05) is 29.3 Å². The number of aryl methyl sites for hydroxylation is 2. The van der Waals surface area contributed by atoms with Gasteiger partial charge < -0.3 is 4.74 Å². The molecule has 1 atom stereocenters. The Balaban J connectivity index is 2.09. The predicted octanol–water partition coefficient (Wildman–Crippen LogP) is 3.52. The van der Waals surface area contributed by atoms with Crippen LogP contribution in [0.5, 0.6) is 0 Å². The lowest BCUT2D eigenvalue weighted by atomic mass is 10.0. The average molecular weight is 282 g/mol. The third kappa shape index (κ3) is 4.20. The first-order valence-corrected chi connectivity index (χ1v) is 7.45. The van der Waals surface area contributed by atoms with Gasteiger partial charge in [-0.25, -0.2) is 0 Å². The van der Waals surface area contributed by atoms with E-state index in [1.807, 2.05) is 0 Å². The molecule has 1 saturated heterocycles. The number of rotatable bonds is 3. The standard InChI is InChI=1S/C16H24ClNO/c1-12-5-13(2)7-14(6-12)9-18-10-15(8-17)19-16(3,4)11-18/h5-7,15H,8-11H2,1-4H3. The van der Waals surface area contributed by atoms with Gasteiger partial charge in [-0.3, -0.25) is 4.90 Å². The van der Waals surface area contributed by atoms with E-state index in [0.29, 0.717) is 5.88 Å². The zero-order chi connectivity index (χ0) is 14.0. The highest BCUT2D eigenvalue weighted by Crippen LogP contribution is 2.23. The van der Waals surface area contributed by atoms with Crippen LogP contribution in [0.4, 0.5) is 0 Å². The van der Waals surface area contributed by atoms with Crippen molar-refractivity contribution in [3.05, 3.63) is 34.9 Å². The number of halogens is 1. The third-order valence-electron chi connectivity index (χ3n) is 3.41. The van der Waals surface area contributed by atoms with Crippen molar-refractivity contribution in [1.82, 2.24) is 4.90 Å². The number of alkyl halides is 1. The summed E-state index contributed by atoms with van der Waals surface area (Å²) in [6, 6.07) is 6.75. The smallest absolute Gasteiger partial charge is 0.0845 e. The molecule has 1 aromatic carbocycles. The molecule has 3 heteroatoms. The summed E-state index contributed by atoms with van der Waals surface area (Å²) in [5.41, 5.74) is 3.92. The molecule has 106 valence electrons. The van der Waals surface area contributed by atoms with Gasteiger partial charge in [0.1, 0.15) is 0 Å². The lowest BCUT2D eigenvalue weighted by Crippen LogP contribution is -2.52. The van der Waals surface area contributed by atoms with E-state index in [1.165, 1.54) is 16.7 Å². The topological polar surface area (TPSA) is 12.5 Å². The molecule has 0 radical (unpaired) electrons. The predicted molar refractivity (Wildman–Crippen MR) is 80.9 cm³/mol. The second-order valence-electron chi connectivity index (χ2n) is 6.32. The maximum Gasteiger partial charge on any atom is 0.0845 e. The van der Waals surface area contributed by atoms with Gasteiger partial charge in [0.2, 0.25) is 0 Å². The second-order valence-corrected chi connectivity index (χ2v) is 6.63. The van der Waals surface area contributed by atoms with Crippen LogP contribution in [0.15, 0.2) is 18.2 Å². The Morgan fingerprint density at radius 3 is 2.47 bits per heavy atom. The minimum absolute atomic E-state index is 0.114. The molecular weight excluding hydrogens is 258 g/mol. The van der Waals surface area contributed by atoms with Crippen LogP contribution in [0.1, 0.15) is 30.5 Å². The van der Waals surface area contributed by atoms with Crippen molar-refractivity contribution < 1.29 is 4.74 Å². The van der Waals surface area contributed by atoms with Gasteiger partial charge >= 0.3 is 0 Å². The first-order chi connectivity index (χ1) is 8.88. The summed E-state index contributed by atoms with van der Waals surface area (Å²) in [5.74, 6) is 0.562. The molecule has 1 fully saturated rings. The molecule has 0 saturated carbocycles. The summed E-state index contributed by atoms with van der Waals surface area (Å²) in [5, 5.41) is 0. The van der Waals surface area contributed by atoms with E-state index in [-0.39, 0.29) is 11.7 Å². The Bertz CT molecular complexity index is 424. The summed E-state index contributed by atoms with van der Waals surface area (Å²) in [7, 11) is 0. The normalized spacial score (nSPS) is 23.5. The molecule has 0 aliphatic carbocycles. The Morgan fingerprint density at radius 1 is 1.26 bits per heavy atom. The maximum absolute atomic E-state index is 5.97. The van der Waals surface area contributed by atoms with Crippen molar-refractivity contribution in [2.75, 3.05) is 19.0 Å². The first-order valence-electron chi connectivity index (χ1n) is 6.91. The fourth-order valence-corrected chi connectivity index (χ4v) is 3.20. The van der Waals surface area contributed by atoms with Crippen LogP contribution in [-0.4, -0.2) is 35.6 Å². The number of hydrogen-bond acceptors (Lipinski definition) is 2. The Morgan fingerprint density at radius 2 is 1.89 bits per heavy atom. The van der Waals surface area contributed by atoms with Crippen LogP contribution in [0.3, 0.4) is 0 Å². The highest BCUT2D eigenvalue weighted by molar-refractivity contribution is 6.18. The van der Waals surface area contributed by atoms with Gasteiger partial charge in [0.05, 0.1) is 11.7 Å². The number of benzene rings is 1. The minimum Gasteiger partial charge on any atom is -0.368 e. The first kappa shape index (κ1) is 14.8. The zero-order valence-corrected chi connectivity index (χ0v) is 13.1. The van der Waals surface area contributed by atoms with Gasteiger partial charge in [-0.15, -0.1) is 11.6 Å². The molecule has 1 aliphatic heterocycles. The van der Waals surface area contributed by atoms with Gasteiger partial charge in [-0.2, -0.15) is 0 Å². The van der Waals surface area contributed by atoms with Crippen molar-refractivity contribution in [1.29, 1.82) is 0 Å². The summed E-state index contributed by atoms with van der Waals surface area (Å²) in [4.78, 5) is 2.45. The van der Waals surface area contributed by atoms with Gasteiger partial charge in [0, 0.05) is 25.5 Å². The monoisotopic (exact) mass is 281 g/mol. The molecule has 19 heavy (non-hydrogen) atoms. The quantitative estimate of drug-likeness (QED) is 0.786. The number of morpholine rings is 1. The van der Waals surface area contributed by atoms with Crippen molar-refractivity contribution >= 4 is 11.6 Å². The summed E-state index contributed by atoms with van der Waals surface area (Å²) < 4.78 is 5.96. The largest absolute Gasteiger partial charge is 0.368 e.